The van der Waals surface area contributed by atoms with Gasteiger partial charge in [0.25, 0.3) is 0 Å². The predicted molar refractivity (Wildman–Crippen MR) is 130 cm³/mol. The van der Waals surface area contributed by atoms with Crippen LogP contribution in [0.3, 0.4) is 0 Å². The maximum atomic E-state index is 14.9. The summed E-state index contributed by atoms with van der Waals surface area (Å²) in [5.41, 5.74) is 11.1. The molecule has 1 saturated carbocycles. The summed E-state index contributed by atoms with van der Waals surface area (Å²) >= 11 is 0. The number of aromatic nitrogens is 4. The maximum absolute atomic E-state index is 14.9. The monoisotopic (exact) mass is 453 g/mol. The summed E-state index contributed by atoms with van der Waals surface area (Å²) in [5.74, 6) is -0.317. The molecular weight excluding hydrogens is 429 g/mol. The molecule has 6 rings (SSSR count). The van der Waals surface area contributed by atoms with Gasteiger partial charge in [-0.1, -0.05) is 42.5 Å². The number of hydrogen-bond donors (Lipinski definition) is 2. The van der Waals surface area contributed by atoms with E-state index in [0.29, 0.717) is 41.0 Å². The van der Waals surface area contributed by atoms with Gasteiger partial charge in [0.2, 0.25) is 0 Å². The van der Waals surface area contributed by atoms with Gasteiger partial charge in [0.1, 0.15) is 5.82 Å². The first-order chi connectivity index (χ1) is 16.2. The van der Waals surface area contributed by atoms with E-state index in [1.165, 1.54) is 6.07 Å². The second kappa shape index (κ2) is 7.16. The Balaban J connectivity index is 1.55. The van der Waals surface area contributed by atoms with Crippen molar-refractivity contribution < 1.29 is 9.50 Å². The van der Waals surface area contributed by atoms with Crippen LogP contribution in [0, 0.1) is 12.7 Å². The second-order valence-corrected chi connectivity index (χ2v) is 9.68. The number of fused-ring (bicyclic) bond motifs is 3. The molecule has 2 aromatic carbocycles. The van der Waals surface area contributed by atoms with E-state index in [1.807, 2.05) is 49.4 Å². The lowest BCUT2D eigenvalue weighted by molar-refractivity contribution is -0.0738. The van der Waals surface area contributed by atoms with Crippen molar-refractivity contribution in [2.24, 2.45) is 5.73 Å². The summed E-state index contributed by atoms with van der Waals surface area (Å²) in [6, 6.07) is 18.4. The van der Waals surface area contributed by atoms with Crippen LogP contribution in [0.25, 0.3) is 39.1 Å². The molecule has 7 heteroatoms. The average Bonchev–Trinajstić information content (AvgIpc) is 3.18. The van der Waals surface area contributed by atoms with Crippen molar-refractivity contribution >= 4 is 16.7 Å². The standard InChI is InChI=1S/C27H24FN5O/c1-16-11-23-30-13-18-12-21(20-5-3-4-6-22(20)28)24(31-25(18)33(23)32-16)17-7-9-19(10-8-17)27(29)14-26(2,34)15-27/h3-13,34H,14-15,29H2,1-2H3/t26-,27-. The first-order valence-corrected chi connectivity index (χ1v) is 11.3. The molecular formula is C27H24FN5O. The zero-order valence-electron chi connectivity index (χ0n) is 19.0. The number of aryl methyl sites for hydroxylation is 1. The zero-order valence-corrected chi connectivity index (χ0v) is 19.0. The van der Waals surface area contributed by atoms with E-state index in [9.17, 15) is 9.50 Å². The lowest BCUT2D eigenvalue weighted by Gasteiger charge is -2.49. The quantitative estimate of drug-likeness (QED) is 0.411. The number of hydrogen-bond acceptors (Lipinski definition) is 5. The average molecular weight is 454 g/mol. The highest BCUT2D eigenvalue weighted by atomic mass is 19.1. The van der Waals surface area contributed by atoms with Crippen LogP contribution in [-0.4, -0.2) is 30.3 Å². The smallest absolute Gasteiger partial charge is 0.165 e. The van der Waals surface area contributed by atoms with E-state index in [0.717, 1.165) is 22.2 Å². The highest BCUT2D eigenvalue weighted by Crippen LogP contribution is 2.46. The van der Waals surface area contributed by atoms with Gasteiger partial charge in [-0.15, -0.1) is 0 Å². The van der Waals surface area contributed by atoms with Crippen LogP contribution < -0.4 is 5.73 Å². The van der Waals surface area contributed by atoms with Crippen LogP contribution in [0.5, 0.6) is 0 Å². The molecule has 5 aromatic rings. The van der Waals surface area contributed by atoms with Gasteiger partial charge in [-0.25, -0.2) is 14.4 Å². The van der Waals surface area contributed by atoms with Gasteiger partial charge in [-0.3, -0.25) is 0 Å². The third kappa shape index (κ3) is 3.28. The van der Waals surface area contributed by atoms with Gasteiger partial charge >= 0.3 is 0 Å². The number of nitrogens with zero attached hydrogens (tertiary/aromatic N) is 4. The highest BCUT2D eigenvalue weighted by molar-refractivity contribution is 5.90. The van der Waals surface area contributed by atoms with Crippen LogP contribution in [0.1, 0.15) is 31.0 Å². The molecule has 0 atom stereocenters. The lowest BCUT2D eigenvalue weighted by Crippen LogP contribution is -2.58. The molecule has 0 radical (unpaired) electrons. The molecule has 0 amide bonds. The summed E-state index contributed by atoms with van der Waals surface area (Å²) in [5, 5.41) is 15.5. The van der Waals surface area contributed by atoms with Crippen LogP contribution in [0.15, 0.2) is 66.9 Å². The van der Waals surface area contributed by atoms with E-state index in [4.69, 9.17) is 10.7 Å². The van der Waals surface area contributed by atoms with Gasteiger partial charge < -0.3 is 10.8 Å². The largest absolute Gasteiger partial charge is 0.390 e. The third-order valence-corrected chi connectivity index (χ3v) is 6.67. The first kappa shape index (κ1) is 20.9. The van der Waals surface area contributed by atoms with Crippen molar-refractivity contribution in [3.63, 3.8) is 0 Å². The van der Waals surface area contributed by atoms with Crippen LogP contribution >= 0.6 is 0 Å². The van der Waals surface area contributed by atoms with Gasteiger partial charge in [0, 0.05) is 39.9 Å². The number of pyridine rings is 1. The Bertz CT molecular complexity index is 1560. The Morgan fingerprint density at radius 3 is 2.47 bits per heavy atom. The number of benzene rings is 2. The topological polar surface area (TPSA) is 89.3 Å². The molecule has 3 N–H and O–H groups in total. The molecule has 0 saturated heterocycles. The normalized spacial score (nSPS) is 22.3. The van der Waals surface area contributed by atoms with Crippen molar-refractivity contribution in [3.8, 4) is 22.4 Å². The Hall–Kier alpha value is -3.68. The van der Waals surface area contributed by atoms with E-state index in [1.54, 1.807) is 29.8 Å². The first-order valence-electron chi connectivity index (χ1n) is 11.3. The number of halogens is 1. The van der Waals surface area contributed by atoms with Crippen LogP contribution in [0.2, 0.25) is 0 Å². The summed E-state index contributed by atoms with van der Waals surface area (Å²) in [6.45, 7) is 3.72. The van der Waals surface area contributed by atoms with Gasteiger partial charge in [-0.05, 0) is 44.4 Å². The molecule has 3 heterocycles. The molecule has 1 aliphatic carbocycles. The minimum absolute atomic E-state index is 0.317. The van der Waals surface area contributed by atoms with Crippen molar-refractivity contribution in [2.75, 3.05) is 0 Å². The fourth-order valence-electron chi connectivity index (χ4n) is 5.23. The van der Waals surface area contributed by atoms with Crippen LogP contribution in [0.4, 0.5) is 4.39 Å². The van der Waals surface area contributed by atoms with E-state index >= 15 is 0 Å². The number of aliphatic hydroxyl groups is 1. The highest BCUT2D eigenvalue weighted by Gasteiger charge is 2.49. The van der Waals surface area contributed by atoms with Crippen molar-refractivity contribution in [1.29, 1.82) is 0 Å². The van der Waals surface area contributed by atoms with Crippen molar-refractivity contribution in [1.82, 2.24) is 19.6 Å². The number of rotatable bonds is 3. The minimum Gasteiger partial charge on any atom is -0.390 e. The van der Waals surface area contributed by atoms with Crippen molar-refractivity contribution in [3.05, 3.63) is 83.9 Å². The minimum atomic E-state index is -0.730. The molecule has 0 spiro atoms. The molecule has 0 unspecified atom stereocenters. The summed E-state index contributed by atoms with van der Waals surface area (Å²) in [6.07, 6.45) is 2.77. The third-order valence-electron chi connectivity index (χ3n) is 6.67. The molecule has 0 bridgehead atoms. The molecule has 1 fully saturated rings. The molecule has 6 nitrogen and oxygen atoms in total. The second-order valence-electron chi connectivity index (χ2n) is 9.68. The van der Waals surface area contributed by atoms with E-state index in [2.05, 4.69) is 10.1 Å². The fraction of sp³-hybridized carbons (Fsp3) is 0.222. The Morgan fingerprint density at radius 2 is 1.76 bits per heavy atom. The van der Waals surface area contributed by atoms with Gasteiger partial charge in [0.05, 0.1) is 17.0 Å². The Morgan fingerprint density at radius 1 is 1.03 bits per heavy atom. The molecule has 0 aliphatic heterocycles. The van der Waals surface area contributed by atoms with Gasteiger partial charge in [-0.2, -0.15) is 9.61 Å². The molecule has 3 aromatic heterocycles. The Labute approximate surface area is 195 Å². The number of nitrogens with two attached hydrogens (primary N) is 1. The van der Waals surface area contributed by atoms with E-state index < -0.39 is 11.1 Å². The van der Waals surface area contributed by atoms with Crippen LogP contribution in [-0.2, 0) is 5.54 Å². The summed E-state index contributed by atoms with van der Waals surface area (Å²) < 4.78 is 16.6. The fourth-order valence-corrected chi connectivity index (χ4v) is 5.23. The molecule has 1 aliphatic rings. The Kier molecular flexibility index (Phi) is 4.40. The van der Waals surface area contributed by atoms with Crippen molar-refractivity contribution in [2.45, 2.75) is 37.8 Å². The predicted octanol–water partition coefficient (Wildman–Crippen LogP) is 4.76. The van der Waals surface area contributed by atoms with Gasteiger partial charge in [0.15, 0.2) is 11.3 Å². The molecule has 170 valence electrons. The lowest BCUT2D eigenvalue weighted by atomic mass is 9.63. The maximum Gasteiger partial charge on any atom is 0.165 e. The summed E-state index contributed by atoms with van der Waals surface area (Å²) in [7, 11) is 0. The SMILES string of the molecule is Cc1cc2ncc3cc(-c4ccccc4F)c(-c4ccc([C@]5(N)C[C@](C)(O)C5)cc4)nc3n2n1. The molecule has 34 heavy (non-hydrogen) atoms. The van der Waals surface area contributed by atoms with E-state index in [-0.39, 0.29) is 5.82 Å². The zero-order chi connectivity index (χ0) is 23.7. The summed E-state index contributed by atoms with van der Waals surface area (Å²) in [4.78, 5) is 9.46.